The molecule has 2 aromatic heterocycles. The van der Waals surface area contributed by atoms with Crippen LogP contribution in [0.1, 0.15) is 47.2 Å². The smallest absolute Gasteiger partial charge is 0.277 e. The van der Waals surface area contributed by atoms with Crippen molar-refractivity contribution in [3.05, 3.63) is 63.8 Å². The van der Waals surface area contributed by atoms with E-state index in [9.17, 15) is 19.5 Å². The number of rotatable bonds is 5. The van der Waals surface area contributed by atoms with Gasteiger partial charge in [-0.25, -0.2) is 4.52 Å². The second kappa shape index (κ2) is 8.39. The van der Waals surface area contributed by atoms with Gasteiger partial charge in [-0.15, -0.1) is 0 Å². The highest BCUT2D eigenvalue weighted by atomic mass is 16.3. The first-order chi connectivity index (χ1) is 16.2. The molecule has 9 nitrogen and oxygen atoms in total. The van der Waals surface area contributed by atoms with E-state index in [-0.39, 0.29) is 29.8 Å². The van der Waals surface area contributed by atoms with E-state index in [0.717, 1.165) is 24.0 Å². The van der Waals surface area contributed by atoms with E-state index in [0.29, 0.717) is 42.7 Å². The molecule has 178 valence electrons. The zero-order valence-electron chi connectivity index (χ0n) is 19.5. The number of hydrogen-bond acceptors (Lipinski definition) is 5. The van der Waals surface area contributed by atoms with Crippen molar-refractivity contribution in [2.24, 2.45) is 5.92 Å². The first kappa shape index (κ1) is 22.3. The van der Waals surface area contributed by atoms with Gasteiger partial charge in [0.05, 0.1) is 24.0 Å². The molecular weight excluding hydrogens is 434 g/mol. The molecule has 0 radical (unpaired) electrons. The van der Waals surface area contributed by atoms with Crippen LogP contribution in [0.15, 0.2) is 41.6 Å². The molecule has 1 aromatic carbocycles. The summed E-state index contributed by atoms with van der Waals surface area (Å²) < 4.78 is 2.84. The van der Waals surface area contributed by atoms with Gasteiger partial charge in [-0.05, 0) is 57.2 Å². The largest absolute Gasteiger partial charge is 0.388 e. The van der Waals surface area contributed by atoms with Crippen molar-refractivity contribution in [1.29, 1.82) is 0 Å². The Labute approximate surface area is 197 Å². The number of amides is 2. The summed E-state index contributed by atoms with van der Waals surface area (Å²) >= 11 is 0. The summed E-state index contributed by atoms with van der Waals surface area (Å²) in [5, 5.41) is 18.2. The summed E-state index contributed by atoms with van der Waals surface area (Å²) in [6.45, 7) is 4.90. The summed E-state index contributed by atoms with van der Waals surface area (Å²) in [6.07, 6.45) is 5.77. The summed E-state index contributed by atoms with van der Waals surface area (Å²) in [7, 11) is 0. The fourth-order valence-corrected chi connectivity index (χ4v) is 4.59. The number of fused-ring (bicyclic) bond motifs is 1. The predicted molar refractivity (Wildman–Crippen MR) is 127 cm³/mol. The van der Waals surface area contributed by atoms with E-state index in [1.807, 2.05) is 36.9 Å². The van der Waals surface area contributed by atoms with Gasteiger partial charge in [0.1, 0.15) is 11.8 Å². The number of benzene rings is 1. The Morgan fingerprint density at radius 2 is 1.91 bits per heavy atom. The predicted octanol–water partition coefficient (Wildman–Crippen LogP) is 2.13. The summed E-state index contributed by atoms with van der Waals surface area (Å²) in [4.78, 5) is 40.0. The number of likely N-dealkylation sites (tertiary alicyclic amines) is 1. The van der Waals surface area contributed by atoms with Crippen LogP contribution in [0.2, 0.25) is 0 Å². The molecule has 0 unspecified atom stereocenters. The second-order valence-corrected chi connectivity index (χ2v) is 9.72. The normalized spacial score (nSPS) is 17.7. The number of carbonyl (C=O) groups excluding carboxylic acids is 2. The molecule has 3 heterocycles. The van der Waals surface area contributed by atoms with Gasteiger partial charge in [-0.3, -0.25) is 19.0 Å². The standard InChI is InChI=1S/C25H29N5O4/c1-16-3-4-17(2)20(11-16)22(31)27-19-12-21-24(33)29(15-26-30(21)13-19)14-25(34)7-9-28(10-8-25)23(32)18-5-6-18/h3-4,11-13,15,18,34H,5-10,14H2,1-2H3,(H,27,31). The minimum absolute atomic E-state index is 0.107. The average Bonchev–Trinajstić information content (AvgIpc) is 3.58. The van der Waals surface area contributed by atoms with Gasteiger partial charge in [-0.2, -0.15) is 5.10 Å². The Morgan fingerprint density at radius 1 is 1.18 bits per heavy atom. The zero-order valence-corrected chi connectivity index (χ0v) is 19.5. The van der Waals surface area contributed by atoms with E-state index in [4.69, 9.17) is 0 Å². The van der Waals surface area contributed by atoms with Gasteiger partial charge in [-0.1, -0.05) is 17.7 Å². The number of nitrogens with zero attached hydrogens (tertiary/aromatic N) is 4. The number of hydrogen-bond donors (Lipinski definition) is 2. The number of nitrogens with one attached hydrogen (secondary N) is 1. The molecule has 1 saturated carbocycles. The molecule has 2 N–H and O–H groups in total. The SMILES string of the molecule is Cc1ccc(C)c(C(=O)Nc2cc3c(=O)n(CC4(O)CCN(C(=O)C5CC5)CC4)cnn3c2)c1. The number of anilines is 1. The van der Waals surface area contributed by atoms with Crippen LogP contribution in [0.3, 0.4) is 0 Å². The highest BCUT2D eigenvalue weighted by Gasteiger charge is 2.39. The number of aliphatic hydroxyl groups is 1. The monoisotopic (exact) mass is 463 g/mol. The summed E-state index contributed by atoms with van der Waals surface area (Å²) in [5.74, 6) is 0.101. The molecule has 5 rings (SSSR count). The number of aryl methyl sites for hydroxylation is 2. The topological polar surface area (TPSA) is 109 Å². The minimum atomic E-state index is -1.07. The minimum Gasteiger partial charge on any atom is -0.388 e. The van der Waals surface area contributed by atoms with E-state index in [2.05, 4.69) is 10.4 Å². The van der Waals surface area contributed by atoms with Crippen molar-refractivity contribution in [1.82, 2.24) is 19.1 Å². The van der Waals surface area contributed by atoms with Crippen molar-refractivity contribution in [2.75, 3.05) is 18.4 Å². The van der Waals surface area contributed by atoms with Crippen LogP contribution in [0.4, 0.5) is 5.69 Å². The molecule has 1 aliphatic carbocycles. The Morgan fingerprint density at radius 3 is 2.62 bits per heavy atom. The molecular formula is C25H29N5O4. The third kappa shape index (κ3) is 4.35. The van der Waals surface area contributed by atoms with Crippen molar-refractivity contribution >= 4 is 23.0 Å². The van der Waals surface area contributed by atoms with Crippen LogP contribution in [0, 0.1) is 19.8 Å². The summed E-state index contributed by atoms with van der Waals surface area (Å²) in [6, 6.07) is 7.28. The fraction of sp³-hybridized carbons (Fsp3) is 0.440. The van der Waals surface area contributed by atoms with Crippen molar-refractivity contribution in [3.63, 3.8) is 0 Å². The van der Waals surface area contributed by atoms with Crippen molar-refractivity contribution < 1.29 is 14.7 Å². The summed E-state index contributed by atoms with van der Waals surface area (Å²) in [5.41, 5.74) is 1.84. The van der Waals surface area contributed by atoms with E-state index < -0.39 is 5.60 Å². The lowest BCUT2D eigenvalue weighted by Crippen LogP contribution is -2.50. The molecule has 0 spiro atoms. The van der Waals surface area contributed by atoms with Crippen LogP contribution in [0.25, 0.3) is 5.52 Å². The maximum atomic E-state index is 13.1. The highest BCUT2D eigenvalue weighted by molar-refractivity contribution is 6.05. The molecule has 1 aliphatic heterocycles. The van der Waals surface area contributed by atoms with Gasteiger partial charge in [0.2, 0.25) is 5.91 Å². The Bertz CT molecular complexity index is 1330. The molecule has 1 saturated heterocycles. The molecule has 34 heavy (non-hydrogen) atoms. The van der Waals surface area contributed by atoms with E-state index >= 15 is 0 Å². The first-order valence-electron chi connectivity index (χ1n) is 11.7. The highest BCUT2D eigenvalue weighted by Crippen LogP contribution is 2.33. The lowest BCUT2D eigenvalue weighted by molar-refractivity contribution is -0.137. The maximum absolute atomic E-state index is 13.1. The van der Waals surface area contributed by atoms with Crippen LogP contribution in [-0.4, -0.2) is 54.7 Å². The van der Waals surface area contributed by atoms with Crippen LogP contribution >= 0.6 is 0 Å². The Hall–Kier alpha value is -3.46. The molecule has 2 aliphatic rings. The lowest BCUT2D eigenvalue weighted by atomic mass is 9.91. The quantitative estimate of drug-likeness (QED) is 0.603. The molecule has 9 heteroatoms. The molecule has 3 aromatic rings. The molecule has 0 bridgehead atoms. The third-order valence-electron chi connectivity index (χ3n) is 6.89. The second-order valence-electron chi connectivity index (χ2n) is 9.72. The third-order valence-corrected chi connectivity index (χ3v) is 6.89. The van der Waals surface area contributed by atoms with Gasteiger partial charge >= 0.3 is 0 Å². The number of aromatic nitrogens is 3. The fourth-order valence-electron chi connectivity index (χ4n) is 4.59. The average molecular weight is 464 g/mol. The van der Waals surface area contributed by atoms with Gasteiger partial charge in [0.15, 0.2) is 0 Å². The van der Waals surface area contributed by atoms with E-state index in [1.165, 1.54) is 15.4 Å². The van der Waals surface area contributed by atoms with Gasteiger partial charge < -0.3 is 15.3 Å². The Kier molecular flexibility index (Phi) is 5.51. The maximum Gasteiger partial charge on any atom is 0.277 e. The van der Waals surface area contributed by atoms with Crippen LogP contribution in [0.5, 0.6) is 0 Å². The lowest BCUT2D eigenvalue weighted by Gasteiger charge is -2.38. The van der Waals surface area contributed by atoms with Crippen molar-refractivity contribution in [2.45, 2.75) is 51.7 Å². The van der Waals surface area contributed by atoms with Crippen LogP contribution in [-0.2, 0) is 11.3 Å². The first-order valence-corrected chi connectivity index (χ1v) is 11.7. The Balaban J connectivity index is 1.31. The van der Waals surface area contributed by atoms with Crippen LogP contribution < -0.4 is 10.9 Å². The van der Waals surface area contributed by atoms with Crippen molar-refractivity contribution in [3.8, 4) is 0 Å². The number of piperidine rings is 1. The van der Waals surface area contributed by atoms with Gasteiger partial charge in [0, 0.05) is 24.6 Å². The zero-order chi connectivity index (χ0) is 24.0. The number of carbonyl (C=O) groups is 2. The molecule has 2 fully saturated rings. The molecule has 0 atom stereocenters. The van der Waals surface area contributed by atoms with Gasteiger partial charge in [0.25, 0.3) is 11.5 Å². The van der Waals surface area contributed by atoms with E-state index in [1.54, 1.807) is 12.3 Å². The molecule has 2 amide bonds.